The Morgan fingerprint density at radius 1 is 1.04 bits per heavy atom. The second kappa shape index (κ2) is 6.48. The van der Waals surface area contributed by atoms with Crippen LogP contribution in [0, 0.1) is 12.8 Å². The first-order valence-electron chi connectivity index (χ1n) is 9.81. The zero-order valence-electron chi connectivity index (χ0n) is 15.8. The van der Waals surface area contributed by atoms with Crippen molar-refractivity contribution in [2.75, 3.05) is 18.0 Å². The maximum absolute atomic E-state index is 13.3. The quantitative estimate of drug-likeness (QED) is 0.740. The number of hydrogen-bond acceptors (Lipinski definition) is 2. The molecule has 5 rings (SSSR count). The van der Waals surface area contributed by atoms with Crippen LogP contribution < -0.4 is 10.2 Å². The summed E-state index contributed by atoms with van der Waals surface area (Å²) in [4.78, 5) is 27.6. The molecule has 0 saturated heterocycles. The number of nitrogens with one attached hydrogen (secondary N) is 1. The van der Waals surface area contributed by atoms with E-state index in [-0.39, 0.29) is 23.7 Å². The lowest BCUT2D eigenvalue weighted by atomic mass is 10.0. The van der Waals surface area contributed by atoms with Crippen LogP contribution in [0.25, 0.3) is 10.8 Å². The molecule has 0 aromatic heterocycles. The van der Waals surface area contributed by atoms with Crippen LogP contribution in [0.2, 0.25) is 0 Å². The summed E-state index contributed by atoms with van der Waals surface area (Å²) < 4.78 is 0. The van der Waals surface area contributed by atoms with Crippen molar-refractivity contribution in [2.45, 2.75) is 19.3 Å². The fraction of sp³-hybridized carbons (Fsp3) is 0.250. The Hall–Kier alpha value is -3.14. The monoisotopic (exact) mass is 370 g/mol. The van der Waals surface area contributed by atoms with E-state index in [1.807, 2.05) is 42.2 Å². The summed E-state index contributed by atoms with van der Waals surface area (Å²) in [7, 11) is 0. The molecule has 0 bridgehead atoms. The third kappa shape index (κ3) is 2.76. The average molecular weight is 370 g/mol. The van der Waals surface area contributed by atoms with Crippen LogP contribution in [0.1, 0.15) is 33.8 Å². The summed E-state index contributed by atoms with van der Waals surface area (Å²) in [5.41, 5.74) is 3.49. The molecule has 140 valence electrons. The highest BCUT2D eigenvalue weighted by Gasteiger charge is 2.46. The van der Waals surface area contributed by atoms with Gasteiger partial charge in [0.05, 0.1) is 11.3 Å². The lowest BCUT2D eigenvalue weighted by molar-refractivity contribution is -0.119. The third-order valence-corrected chi connectivity index (χ3v) is 5.96. The van der Waals surface area contributed by atoms with E-state index < -0.39 is 0 Å². The van der Waals surface area contributed by atoms with Gasteiger partial charge < -0.3 is 10.2 Å². The molecular formula is C24H22N2O2. The molecule has 1 fully saturated rings. The molecule has 0 spiro atoms. The molecular weight excluding hydrogens is 348 g/mol. The lowest BCUT2D eigenvalue weighted by Gasteiger charge is -2.23. The van der Waals surface area contributed by atoms with Crippen LogP contribution in [0.15, 0.2) is 60.7 Å². The maximum atomic E-state index is 13.3. The SMILES string of the molecule is Cc1cccc2c1C(=O)NCCN2C(=O)[C@@H]1C[C@H]1c1ccc2ccccc2c1. The molecule has 2 atom stereocenters. The molecule has 3 aromatic carbocycles. The number of carbonyl (C=O) groups is 2. The van der Waals surface area contributed by atoms with Crippen LogP contribution in [0.4, 0.5) is 5.69 Å². The van der Waals surface area contributed by atoms with Crippen molar-refractivity contribution >= 4 is 28.3 Å². The van der Waals surface area contributed by atoms with Crippen LogP contribution >= 0.6 is 0 Å². The van der Waals surface area contributed by atoms with E-state index >= 15 is 0 Å². The van der Waals surface area contributed by atoms with E-state index in [0.717, 1.165) is 17.7 Å². The molecule has 1 N–H and O–H groups in total. The number of amides is 2. The Morgan fingerprint density at radius 2 is 1.86 bits per heavy atom. The van der Waals surface area contributed by atoms with Crippen molar-refractivity contribution < 1.29 is 9.59 Å². The Labute approximate surface area is 164 Å². The number of benzene rings is 3. The third-order valence-electron chi connectivity index (χ3n) is 5.96. The molecule has 2 aliphatic rings. The average Bonchev–Trinajstić information content (AvgIpc) is 3.52. The van der Waals surface area contributed by atoms with Crippen LogP contribution in [0.5, 0.6) is 0 Å². The number of anilines is 1. The minimum absolute atomic E-state index is 0.0114. The molecule has 0 unspecified atom stereocenters. The van der Waals surface area contributed by atoms with Crippen LogP contribution in [-0.4, -0.2) is 24.9 Å². The van der Waals surface area contributed by atoms with Gasteiger partial charge in [-0.1, -0.05) is 54.6 Å². The second-order valence-corrected chi connectivity index (χ2v) is 7.77. The standard InChI is InChI=1S/C24H22N2O2/c1-15-5-4-8-21-22(15)23(27)25-11-12-26(21)24(28)20-14-19(20)18-10-9-16-6-2-3-7-17(16)13-18/h2-10,13,19-20H,11-12,14H2,1H3,(H,25,27)/t19-,20+/m0/s1. The van der Waals surface area contributed by atoms with E-state index in [4.69, 9.17) is 0 Å². The normalized spacial score (nSPS) is 21.0. The molecule has 1 saturated carbocycles. The number of carbonyl (C=O) groups excluding carboxylic acids is 2. The van der Waals surface area contributed by atoms with Gasteiger partial charge in [-0.2, -0.15) is 0 Å². The minimum Gasteiger partial charge on any atom is -0.350 e. The summed E-state index contributed by atoms with van der Waals surface area (Å²) in [5.74, 6) is 0.284. The number of fused-ring (bicyclic) bond motifs is 2. The summed E-state index contributed by atoms with van der Waals surface area (Å²) >= 11 is 0. The van der Waals surface area contributed by atoms with Crippen molar-refractivity contribution in [1.82, 2.24) is 5.32 Å². The van der Waals surface area contributed by atoms with Gasteiger partial charge in [-0.15, -0.1) is 0 Å². The summed E-state index contributed by atoms with van der Waals surface area (Å²) in [6.07, 6.45) is 0.871. The maximum Gasteiger partial charge on any atom is 0.253 e. The van der Waals surface area contributed by atoms with Gasteiger partial charge in [-0.25, -0.2) is 0 Å². The minimum atomic E-state index is -0.0923. The first kappa shape index (κ1) is 17.0. The topological polar surface area (TPSA) is 49.4 Å². The zero-order valence-corrected chi connectivity index (χ0v) is 15.8. The zero-order chi connectivity index (χ0) is 19.3. The molecule has 0 radical (unpaired) electrons. The Kier molecular flexibility index (Phi) is 3.93. The number of hydrogen-bond donors (Lipinski definition) is 1. The highest BCUT2D eigenvalue weighted by Crippen LogP contribution is 2.49. The van der Waals surface area contributed by atoms with Gasteiger partial charge in [0.15, 0.2) is 0 Å². The summed E-state index contributed by atoms with van der Waals surface area (Å²) in [6, 6.07) is 20.5. The first-order chi connectivity index (χ1) is 13.6. The molecule has 4 nitrogen and oxygen atoms in total. The summed E-state index contributed by atoms with van der Waals surface area (Å²) in [5, 5.41) is 5.35. The number of nitrogens with zero attached hydrogens (tertiary/aromatic N) is 1. The molecule has 28 heavy (non-hydrogen) atoms. The van der Waals surface area contributed by atoms with E-state index in [0.29, 0.717) is 18.7 Å². The molecule has 1 aliphatic heterocycles. The van der Waals surface area contributed by atoms with E-state index in [9.17, 15) is 9.59 Å². The van der Waals surface area contributed by atoms with Crippen molar-refractivity contribution in [3.05, 3.63) is 77.4 Å². The van der Waals surface area contributed by atoms with Gasteiger partial charge in [-0.05, 0) is 47.2 Å². The second-order valence-electron chi connectivity index (χ2n) is 7.77. The molecule has 2 amide bonds. The van der Waals surface area contributed by atoms with Gasteiger partial charge in [-0.3, -0.25) is 9.59 Å². The predicted octanol–water partition coefficient (Wildman–Crippen LogP) is 4.03. The van der Waals surface area contributed by atoms with Gasteiger partial charge in [0, 0.05) is 19.0 Å². The van der Waals surface area contributed by atoms with Crippen molar-refractivity contribution in [3.63, 3.8) is 0 Å². The van der Waals surface area contributed by atoms with E-state index in [1.54, 1.807) is 0 Å². The Balaban J connectivity index is 1.43. The highest BCUT2D eigenvalue weighted by molar-refractivity contribution is 6.08. The highest BCUT2D eigenvalue weighted by atomic mass is 16.2. The Bertz CT molecular complexity index is 1100. The van der Waals surface area contributed by atoms with Gasteiger partial charge in [0.1, 0.15) is 0 Å². The van der Waals surface area contributed by atoms with Crippen LogP contribution in [0.3, 0.4) is 0 Å². The number of rotatable bonds is 2. The van der Waals surface area contributed by atoms with Gasteiger partial charge >= 0.3 is 0 Å². The fourth-order valence-electron chi connectivity index (χ4n) is 4.37. The summed E-state index contributed by atoms with van der Waals surface area (Å²) in [6.45, 7) is 2.91. The Morgan fingerprint density at radius 3 is 2.71 bits per heavy atom. The van der Waals surface area contributed by atoms with Gasteiger partial charge in [0.25, 0.3) is 5.91 Å². The molecule has 3 aromatic rings. The van der Waals surface area contributed by atoms with Crippen molar-refractivity contribution in [2.24, 2.45) is 5.92 Å². The van der Waals surface area contributed by atoms with Crippen molar-refractivity contribution in [3.8, 4) is 0 Å². The fourth-order valence-corrected chi connectivity index (χ4v) is 4.37. The first-order valence-corrected chi connectivity index (χ1v) is 9.81. The lowest BCUT2D eigenvalue weighted by Crippen LogP contribution is -2.36. The largest absolute Gasteiger partial charge is 0.350 e. The molecule has 4 heteroatoms. The predicted molar refractivity (Wildman–Crippen MR) is 111 cm³/mol. The van der Waals surface area contributed by atoms with Crippen molar-refractivity contribution in [1.29, 1.82) is 0 Å². The number of aryl methyl sites for hydroxylation is 1. The molecule has 1 heterocycles. The van der Waals surface area contributed by atoms with E-state index in [2.05, 4.69) is 35.6 Å². The van der Waals surface area contributed by atoms with Crippen LogP contribution in [-0.2, 0) is 4.79 Å². The smallest absolute Gasteiger partial charge is 0.253 e. The molecule has 1 aliphatic carbocycles. The van der Waals surface area contributed by atoms with E-state index in [1.165, 1.54) is 16.3 Å². The van der Waals surface area contributed by atoms with Gasteiger partial charge in [0.2, 0.25) is 5.91 Å².